The minimum Gasteiger partial charge on any atom is -0.339 e. The Morgan fingerprint density at radius 3 is 2.62 bits per heavy atom. The average Bonchev–Trinajstić information content (AvgIpc) is 2.55. The number of likely N-dealkylation sites (N-methyl/N-ethyl adjacent to an activating group) is 1. The number of hydrogen-bond donors (Lipinski definition) is 1. The lowest BCUT2D eigenvalue weighted by molar-refractivity contribution is -0.131. The van der Waals surface area contributed by atoms with E-state index in [1.165, 1.54) is 7.05 Å². The lowest BCUT2D eigenvalue weighted by Gasteiger charge is -2.29. The predicted molar refractivity (Wildman–Crippen MR) is 87.6 cm³/mol. The number of nitrogens with one attached hydrogen (secondary N) is 1. The van der Waals surface area contributed by atoms with Crippen molar-refractivity contribution in [3.05, 3.63) is 29.6 Å². The minimum atomic E-state index is -3.97. The summed E-state index contributed by atoms with van der Waals surface area (Å²) in [4.78, 5) is 13.5. The summed E-state index contributed by atoms with van der Waals surface area (Å²) in [5, 5.41) is 11.9. The lowest BCUT2D eigenvalue weighted by Crippen LogP contribution is -2.49. The van der Waals surface area contributed by atoms with E-state index in [4.69, 9.17) is 5.26 Å². The van der Waals surface area contributed by atoms with Gasteiger partial charge in [0.2, 0.25) is 15.9 Å². The molecule has 1 aliphatic heterocycles. The number of nitrogens with zero attached hydrogens (tertiary/aromatic N) is 3. The predicted octanol–water partition coefficient (Wildman–Crippen LogP) is 0.171. The monoisotopic (exact) mass is 376 g/mol. The van der Waals surface area contributed by atoms with Crippen molar-refractivity contribution in [3.63, 3.8) is 0 Å². The number of piperazine rings is 1. The van der Waals surface area contributed by atoms with Crippen molar-refractivity contribution in [1.82, 2.24) is 14.5 Å². The largest absolute Gasteiger partial charge is 0.339 e. The molecule has 1 heterocycles. The summed E-state index contributed by atoms with van der Waals surface area (Å²) in [5.41, 5.74) is -0.354. The highest BCUT2D eigenvalue weighted by atomic mass is 35.5. The standard InChI is InChI=1S/C14H17FN4O3S.ClH/c1-18(10-14(20)19-6-4-17-5-7-19)23(21,22)12-2-3-13(15)11(8-12)9-16;/h2-3,8,17H,4-7,10H2,1H3;1H. The second-order valence-electron chi connectivity index (χ2n) is 5.15. The van der Waals surface area contributed by atoms with Crippen molar-refractivity contribution in [2.45, 2.75) is 4.90 Å². The summed E-state index contributed by atoms with van der Waals surface area (Å²) < 4.78 is 39.1. The van der Waals surface area contributed by atoms with Gasteiger partial charge in [0.1, 0.15) is 11.9 Å². The maximum Gasteiger partial charge on any atom is 0.243 e. The van der Waals surface area contributed by atoms with Gasteiger partial charge in [-0.05, 0) is 18.2 Å². The number of amides is 1. The fourth-order valence-corrected chi connectivity index (χ4v) is 3.37. The van der Waals surface area contributed by atoms with Crippen LogP contribution in [0, 0.1) is 17.1 Å². The highest BCUT2D eigenvalue weighted by Gasteiger charge is 2.26. The highest BCUT2D eigenvalue weighted by Crippen LogP contribution is 2.18. The molecule has 1 saturated heterocycles. The molecule has 0 unspecified atom stereocenters. The maximum atomic E-state index is 13.3. The fraction of sp³-hybridized carbons (Fsp3) is 0.429. The summed E-state index contributed by atoms with van der Waals surface area (Å²) >= 11 is 0. The van der Waals surface area contributed by atoms with E-state index in [9.17, 15) is 17.6 Å². The van der Waals surface area contributed by atoms with Crippen LogP contribution in [0.15, 0.2) is 23.1 Å². The maximum absolute atomic E-state index is 13.3. The van der Waals surface area contributed by atoms with Crippen molar-refractivity contribution in [1.29, 1.82) is 5.26 Å². The number of rotatable bonds is 4. The fourth-order valence-electron chi connectivity index (χ4n) is 2.22. The van der Waals surface area contributed by atoms with E-state index < -0.39 is 15.8 Å². The number of halogens is 2. The van der Waals surface area contributed by atoms with Gasteiger partial charge < -0.3 is 10.2 Å². The van der Waals surface area contributed by atoms with E-state index in [2.05, 4.69) is 5.32 Å². The molecule has 0 saturated carbocycles. The summed E-state index contributed by atoms with van der Waals surface area (Å²) in [6.07, 6.45) is 0. The molecule has 10 heteroatoms. The van der Waals surface area contributed by atoms with Gasteiger partial charge in [0.15, 0.2) is 0 Å². The number of sulfonamides is 1. The summed E-state index contributed by atoms with van der Waals surface area (Å²) in [6, 6.07) is 4.58. The van der Waals surface area contributed by atoms with E-state index in [-0.39, 0.29) is 35.3 Å². The van der Waals surface area contributed by atoms with E-state index in [1.54, 1.807) is 11.0 Å². The molecule has 0 spiro atoms. The summed E-state index contributed by atoms with van der Waals surface area (Å²) in [5.74, 6) is -1.08. The third-order valence-corrected chi connectivity index (χ3v) is 5.39. The second-order valence-corrected chi connectivity index (χ2v) is 7.19. The first-order valence-corrected chi connectivity index (χ1v) is 8.45. The van der Waals surface area contributed by atoms with Crippen LogP contribution in [0.3, 0.4) is 0 Å². The van der Waals surface area contributed by atoms with Crippen molar-refractivity contribution < 1.29 is 17.6 Å². The molecule has 0 bridgehead atoms. The van der Waals surface area contributed by atoms with E-state index >= 15 is 0 Å². The third-order valence-electron chi connectivity index (χ3n) is 3.59. The molecule has 1 aromatic carbocycles. The third kappa shape index (κ3) is 4.42. The molecule has 132 valence electrons. The van der Waals surface area contributed by atoms with Gasteiger partial charge in [-0.2, -0.15) is 9.57 Å². The molecule has 0 aliphatic carbocycles. The normalized spacial score (nSPS) is 14.8. The zero-order chi connectivity index (χ0) is 17.0. The smallest absolute Gasteiger partial charge is 0.243 e. The number of benzene rings is 1. The zero-order valence-corrected chi connectivity index (χ0v) is 14.7. The molecule has 24 heavy (non-hydrogen) atoms. The van der Waals surface area contributed by atoms with Crippen LogP contribution in [0.2, 0.25) is 0 Å². The first kappa shape index (κ1) is 20.3. The van der Waals surface area contributed by atoms with Crippen LogP contribution >= 0.6 is 12.4 Å². The van der Waals surface area contributed by atoms with Gasteiger partial charge >= 0.3 is 0 Å². The quantitative estimate of drug-likeness (QED) is 0.808. The van der Waals surface area contributed by atoms with Crippen LogP contribution in [0.1, 0.15) is 5.56 Å². The van der Waals surface area contributed by atoms with E-state index in [1.807, 2.05) is 0 Å². The van der Waals surface area contributed by atoms with E-state index in [0.29, 0.717) is 26.2 Å². The van der Waals surface area contributed by atoms with Gasteiger partial charge in [0.25, 0.3) is 0 Å². The van der Waals surface area contributed by atoms with Gasteiger partial charge in [-0.15, -0.1) is 12.4 Å². The second kappa shape index (κ2) is 8.39. The topological polar surface area (TPSA) is 93.5 Å². The van der Waals surface area contributed by atoms with Crippen molar-refractivity contribution in [2.75, 3.05) is 39.8 Å². The molecule has 2 rings (SSSR count). The summed E-state index contributed by atoms with van der Waals surface area (Å²) in [7, 11) is -2.69. The molecule has 0 radical (unpaired) electrons. The Labute approximate surface area is 146 Å². The highest BCUT2D eigenvalue weighted by molar-refractivity contribution is 7.89. The van der Waals surface area contributed by atoms with E-state index in [0.717, 1.165) is 22.5 Å². The first-order chi connectivity index (χ1) is 10.9. The molecule has 1 N–H and O–H groups in total. The molecule has 1 aliphatic rings. The molecule has 1 aromatic rings. The van der Waals surface area contributed by atoms with Crippen LogP contribution in [-0.2, 0) is 14.8 Å². The zero-order valence-electron chi connectivity index (χ0n) is 13.0. The van der Waals surface area contributed by atoms with Gasteiger partial charge in [0.05, 0.1) is 17.0 Å². The number of carbonyl (C=O) groups is 1. The van der Waals surface area contributed by atoms with Crippen LogP contribution in [0.5, 0.6) is 0 Å². The number of carbonyl (C=O) groups excluding carboxylic acids is 1. The Morgan fingerprint density at radius 2 is 2.04 bits per heavy atom. The molecular formula is C14H18ClFN4O3S. The molecule has 0 aromatic heterocycles. The lowest BCUT2D eigenvalue weighted by atomic mass is 10.2. The average molecular weight is 377 g/mol. The molecule has 1 fully saturated rings. The van der Waals surface area contributed by atoms with Gasteiger partial charge in [0, 0.05) is 33.2 Å². The van der Waals surface area contributed by atoms with Crippen LogP contribution in [-0.4, -0.2) is 63.3 Å². The van der Waals surface area contributed by atoms with Gasteiger partial charge in [-0.1, -0.05) is 0 Å². The van der Waals surface area contributed by atoms with Crippen LogP contribution in [0.4, 0.5) is 4.39 Å². The molecule has 1 amide bonds. The van der Waals surface area contributed by atoms with Crippen molar-refractivity contribution in [2.24, 2.45) is 0 Å². The molecular weight excluding hydrogens is 359 g/mol. The number of hydrogen-bond acceptors (Lipinski definition) is 5. The van der Waals surface area contributed by atoms with Gasteiger partial charge in [-0.25, -0.2) is 12.8 Å². The molecule has 0 atom stereocenters. The van der Waals surface area contributed by atoms with Crippen LogP contribution < -0.4 is 5.32 Å². The van der Waals surface area contributed by atoms with Crippen molar-refractivity contribution >= 4 is 28.3 Å². The Balaban J connectivity index is 0.00000288. The van der Waals surface area contributed by atoms with Gasteiger partial charge in [-0.3, -0.25) is 4.79 Å². The Hall–Kier alpha value is -1.73. The van der Waals surface area contributed by atoms with Crippen molar-refractivity contribution in [3.8, 4) is 6.07 Å². The number of nitriles is 1. The Bertz CT molecular complexity index is 745. The Kier molecular flexibility index (Phi) is 7.10. The molecule has 7 nitrogen and oxygen atoms in total. The minimum absolute atomic E-state index is 0. The SMILES string of the molecule is CN(CC(=O)N1CCNCC1)S(=O)(=O)c1ccc(F)c(C#N)c1.Cl. The summed E-state index contributed by atoms with van der Waals surface area (Å²) in [6.45, 7) is 2.10. The first-order valence-electron chi connectivity index (χ1n) is 7.00. The Morgan fingerprint density at radius 1 is 1.42 bits per heavy atom. The van der Waals surface area contributed by atoms with Crippen LogP contribution in [0.25, 0.3) is 0 Å².